The summed E-state index contributed by atoms with van der Waals surface area (Å²) in [5.41, 5.74) is 0.103. The standard InChI is InChI=1S/C13H17FO2/c1-3-6-10(2)16-9-13(15)11-7-4-5-8-12(11)14/h4-5,7-8,10H,3,6,9H2,1-2H3. The molecule has 0 spiro atoms. The number of carbonyl (C=O) groups excluding carboxylic acids is 1. The Balaban J connectivity index is 2.50. The molecule has 1 unspecified atom stereocenters. The van der Waals surface area contributed by atoms with Crippen LogP contribution in [0.4, 0.5) is 4.39 Å². The van der Waals surface area contributed by atoms with Crippen LogP contribution >= 0.6 is 0 Å². The van der Waals surface area contributed by atoms with Gasteiger partial charge in [0.05, 0.1) is 11.7 Å². The summed E-state index contributed by atoms with van der Waals surface area (Å²) in [6, 6.07) is 5.96. The van der Waals surface area contributed by atoms with Crippen LogP contribution in [0.1, 0.15) is 37.0 Å². The van der Waals surface area contributed by atoms with E-state index in [-0.39, 0.29) is 24.1 Å². The van der Waals surface area contributed by atoms with E-state index in [0.29, 0.717) is 0 Å². The van der Waals surface area contributed by atoms with Crippen LogP contribution in [0.15, 0.2) is 24.3 Å². The summed E-state index contributed by atoms with van der Waals surface area (Å²) in [4.78, 5) is 11.6. The lowest BCUT2D eigenvalue weighted by molar-refractivity contribution is 0.0487. The van der Waals surface area contributed by atoms with Crippen molar-refractivity contribution in [1.82, 2.24) is 0 Å². The zero-order chi connectivity index (χ0) is 12.0. The molecule has 0 aromatic heterocycles. The van der Waals surface area contributed by atoms with Crippen molar-refractivity contribution in [3.8, 4) is 0 Å². The number of hydrogen-bond acceptors (Lipinski definition) is 2. The minimum Gasteiger partial charge on any atom is -0.370 e. The number of carbonyl (C=O) groups is 1. The Labute approximate surface area is 95.4 Å². The van der Waals surface area contributed by atoms with Crippen LogP contribution in [0, 0.1) is 5.82 Å². The third-order valence-electron chi connectivity index (χ3n) is 2.37. The van der Waals surface area contributed by atoms with Gasteiger partial charge in [0.2, 0.25) is 0 Å². The predicted molar refractivity (Wildman–Crippen MR) is 61.1 cm³/mol. The molecule has 16 heavy (non-hydrogen) atoms. The number of hydrogen-bond donors (Lipinski definition) is 0. The molecule has 0 N–H and O–H groups in total. The lowest BCUT2D eigenvalue weighted by Gasteiger charge is -2.11. The van der Waals surface area contributed by atoms with Gasteiger partial charge in [0.1, 0.15) is 12.4 Å². The SMILES string of the molecule is CCCC(C)OCC(=O)c1ccccc1F. The fraction of sp³-hybridized carbons (Fsp3) is 0.462. The molecule has 1 atom stereocenters. The first-order chi connectivity index (χ1) is 7.65. The number of benzene rings is 1. The van der Waals surface area contributed by atoms with Gasteiger partial charge in [-0.25, -0.2) is 4.39 Å². The summed E-state index contributed by atoms with van der Waals surface area (Å²) in [5.74, 6) is -0.791. The van der Waals surface area contributed by atoms with Crippen molar-refractivity contribution < 1.29 is 13.9 Å². The van der Waals surface area contributed by atoms with Crippen molar-refractivity contribution >= 4 is 5.78 Å². The van der Waals surface area contributed by atoms with Gasteiger partial charge in [0.15, 0.2) is 5.78 Å². The normalized spacial score (nSPS) is 12.4. The number of Topliss-reactive ketones (excluding diaryl/α,β-unsaturated/α-hetero) is 1. The summed E-state index contributed by atoms with van der Waals surface area (Å²) in [6.07, 6.45) is 1.96. The van der Waals surface area contributed by atoms with E-state index in [1.807, 2.05) is 6.92 Å². The van der Waals surface area contributed by atoms with E-state index < -0.39 is 5.82 Å². The molecule has 0 aliphatic heterocycles. The molecule has 1 rings (SSSR count). The molecule has 88 valence electrons. The molecular formula is C13H17FO2. The molecule has 0 aliphatic rings. The molecule has 1 aromatic rings. The largest absolute Gasteiger partial charge is 0.370 e. The Morgan fingerprint density at radius 1 is 1.44 bits per heavy atom. The number of halogens is 1. The summed E-state index contributed by atoms with van der Waals surface area (Å²) in [7, 11) is 0. The van der Waals surface area contributed by atoms with Crippen LogP contribution in [-0.4, -0.2) is 18.5 Å². The van der Waals surface area contributed by atoms with Gasteiger partial charge in [-0.1, -0.05) is 25.5 Å². The summed E-state index contributed by atoms with van der Waals surface area (Å²) in [6.45, 7) is 3.92. The predicted octanol–water partition coefficient (Wildman–Crippen LogP) is 3.21. The molecule has 0 saturated heterocycles. The summed E-state index contributed by atoms with van der Waals surface area (Å²) in [5, 5.41) is 0. The number of ketones is 1. The highest BCUT2D eigenvalue weighted by Crippen LogP contribution is 2.08. The average molecular weight is 224 g/mol. The van der Waals surface area contributed by atoms with Crippen molar-refractivity contribution in [2.45, 2.75) is 32.8 Å². The second-order valence-electron chi connectivity index (χ2n) is 3.81. The Kier molecular flexibility index (Phi) is 5.12. The summed E-state index contributed by atoms with van der Waals surface area (Å²) >= 11 is 0. The van der Waals surface area contributed by atoms with Crippen molar-refractivity contribution in [2.24, 2.45) is 0 Å². The van der Waals surface area contributed by atoms with Gasteiger partial charge in [-0.2, -0.15) is 0 Å². The van der Waals surface area contributed by atoms with E-state index in [9.17, 15) is 9.18 Å². The minimum absolute atomic E-state index is 0.0423. The fourth-order valence-corrected chi connectivity index (χ4v) is 1.47. The Bertz CT molecular complexity index is 350. The van der Waals surface area contributed by atoms with E-state index in [4.69, 9.17) is 4.74 Å². The third-order valence-corrected chi connectivity index (χ3v) is 2.37. The number of ether oxygens (including phenoxy) is 1. The molecule has 0 fully saturated rings. The minimum atomic E-state index is -0.487. The van der Waals surface area contributed by atoms with Gasteiger partial charge in [-0.15, -0.1) is 0 Å². The molecule has 3 heteroatoms. The monoisotopic (exact) mass is 224 g/mol. The molecule has 0 bridgehead atoms. The molecule has 0 aliphatic carbocycles. The molecule has 0 radical (unpaired) electrons. The van der Waals surface area contributed by atoms with E-state index in [1.165, 1.54) is 12.1 Å². The van der Waals surface area contributed by atoms with Crippen molar-refractivity contribution in [1.29, 1.82) is 0 Å². The van der Waals surface area contributed by atoms with Crippen LogP contribution in [0.25, 0.3) is 0 Å². The maximum atomic E-state index is 13.2. The second kappa shape index (κ2) is 6.38. The van der Waals surface area contributed by atoms with Crippen LogP contribution in [0.3, 0.4) is 0 Å². The number of rotatable bonds is 6. The van der Waals surface area contributed by atoms with Gasteiger partial charge in [-0.05, 0) is 25.5 Å². The quantitative estimate of drug-likeness (QED) is 0.693. The smallest absolute Gasteiger partial charge is 0.191 e. The fourth-order valence-electron chi connectivity index (χ4n) is 1.47. The first-order valence-electron chi connectivity index (χ1n) is 5.54. The maximum absolute atomic E-state index is 13.2. The molecule has 1 aromatic carbocycles. The van der Waals surface area contributed by atoms with Crippen LogP contribution in [-0.2, 0) is 4.74 Å². The second-order valence-corrected chi connectivity index (χ2v) is 3.81. The van der Waals surface area contributed by atoms with Crippen molar-refractivity contribution in [3.63, 3.8) is 0 Å². The van der Waals surface area contributed by atoms with E-state index >= 15 is 0 Å². The van der Waals surface area contributed by atoms with Crippen LogP contribution in [0.5, 0.6) is 0 Å². The topological polar surface area (TPSA) is 26.3 Å². The molecule has 0 amide bonds. The van der Waals surface area contributed by atoms with Gasteiger partial charge in [0, 0.05) is 0 Å². The highest BCUT2D eigenvalue weighted by molar-refractivity contribution is 5.97. The molecular weight excluding hydrogens is 207 g/mol. The highest BCUT2D eigenvalue weighted by Gasteiger charge is 2.12. The Hall–Kier alpha value is -1.22. The van der Waals surface area contributed by atoms with E-state index in [2.05, 4.69) is 6.92 Å². The Morgan fingerprint density at radius 3 is 2.75 bits per heavy atom. The zero-order valence-corrected chi connectivity index (χ0v) is 9.70. The lowest BCUT2D eigenvalue weighted by atomic mass is 10.1. The van der Waals surface area contributed by atoms with Gasteiger partial charge < -0.3 is 4.74 Å². The van der Waals surface area contributed by atoms with Crippen molar-refractivity contribution in [3.05, 3.63) is 35.6 Å². The van der Waals surface area contributed by atoms with Crippen LogP contribution in [0.2, 0.25) is 0 Å². The maximum Gasteiger partial charge on any atom is 0.191 e. The molecule has 2 nitrogen and oxygen atoms in total. The van der Waals surface area contributed by atoms with Gasteiger partial charge in [-0.3, -0.25) is 4.79 Å². The highest BCUT2D eigenvalue weighted by atomic mass is 19.1. The van der Waals surface area contributed by atoms with E-state index in [0.717, 1.165) is 12.8 Å². The average Bonchev–Trinajstić information content (AvgIpc) is 2.27. The van der Waals surface area contributed by atoms with E-state index in [1.54, 1.807) is 12.1 Å². The Morgan fingerprint density at radius 2 is 2.12 bits per heavy atom. The van der Waals surface area contributed by atoms with Crippen molar-refractivity contribution in [2.75, 3.05) is 6.61 Å². The van der Waals surface area contributed by atoms with Gasteiger partial charge in [0.25, 0.3) is 0 Å². The third kappa shape index (κ3) is 3.74. The lowest BCUT2D eigenvalue weighted by Crippen LogP contribution is -2.16. The zero-order valence-electron chi connectivity index (χ0n) is 9.70. The first kappa shape index (κ1) is 12.8. The van der Waals surface area contributed by atoms with Gasteiger partial charge >= 0.3 is 0 Å². The molecule has 0 heterocycles. The first-order valence-corrected chi connectivity index (χ1v) is 5.54. The summed E-state index contributed by atoms with van der Waals surface area (Å²) < 4.78 is 18.6. The molecule has 0 saturated carbocycles. The van der Waals surface area contributed by atoms with Crippen LogP contribution < -0.4 is 0 Å².